The molecular weight excluding hydrogens is 312 g/mol. The summed E-state index contributed by atoms with van der Waals surface area (Å²) in [6.45, 7) is 0.770. The lowest BCUT2D eigenvalue weighted by Gasteiger charge is -2.17. The lowest BCUT2D eigenvalue weighted by molar-refractivity contribution is 0.410. The first kappa shape index (κ1) is 16.8. The predicted molar refractivity (Wildman–Crippen MR) is 102 cm³/mol. The minimum Gasteiger partial charge on any atom is -0.496 e. The van der Waals surface area contributed by atoms with Gasteiger partial charge in [0.15, 0.2) is 0 Å². The van der Waals surface area contributed by atoms with Gasteiger partial charge in [0.05, 0.1) is 7.11 Å². The van der Waals surface area contributed by atoms with Gasteiger partial charge in [0.1, 0.15) is 11.6 Å². The van der Waals surface area contributed by atoms with Gasteiger partial charge in [0.25, 0.3) is 0 Å². The van der Waals surface area contributed by atoms with Crippen LogP contribution in [0, 0.1) is 0 Å². The Hall–Kier alpha value is -3.08. The van der Waals surface area contributed by atoms with Gasteiger partial charge in [-0.2, -0.15) is 4.98 Å². The maximum Gasteiger partial charge on any atom is 0.231 e. The van der Waals surface area contributed by atoms with Crippen molar-refractivity contribution in [1.29, 1.82) is 0 Å². The maximum atomic E-state index is 5.39. The third-order valence-electron chi connectivity index (χ3n) is 3.98. The van der Waals surface area contributed by atoms with Crippen LogP contribution in [-0.4, -0.2) is 30.7 Å². The van der Waals surface area contributed by atoms with Crippen molar-refractivity contribution in [3.63, 3.8) is 0 Å². The first-order valence-electron chi connectivity index (χ1n) is 8.25. The molecule has 5 nitrogen and oxygen atoms in total. The molecule has 3 aromatic rings. The fourth-order valence-corrected chi connectivity index (χ4v) is 2.61. The van der Waals surface area contributed by atoms with Crippen LogP contribution in [0.1, 0.15) is 5.56 Å². The Kier molecular flexibility index (Phi) is 5.46. The van der Waals surface area contributed by atoms with Crippen molar-refractivity contribution in [2.75, 3.05) is 30.9 Å². The molecule has 0 aliphatic rings. The van der Waals surface area contributed by atoms with E-state index in [-0.39, 0.29) is 0 Å². The van der Waals surface area contributed by atoms with Crippen molar-refractivity contribution in [3.05, 3.63) is 72.4 Å². The van der Waals surface area contributed by atoms with Crippen LogP contribution < -0.4 is 15.0 Å². The van der Waals surface area contributed by atoms with Crippen molar-refractivity contribution in [2.24, 2.45) is 0 Å². The fraction of sp³-hybridized carbons (Fsp3) is 0.200. The highest BCUT2D eigenvalue weighted by molar-refractivity contribution is 5.57. The number of para-hydroxylation sites is 2. The second-order valence-corrected chi connectivity index (χ2v) is 5.63. The molecule has 0 fully saturated rings. The van der Waals surface area contributed by atoms with Crippen LogP contribution in [0.2, 0.25) is 0 Å². The minimum atomic E-state index is 0.661. The zero-order valence-corrected chi connectivity index (χ0v) is 14.5. The Balaban J connectivity index is 1.64. The summed E-state index contributed by atoms with van der Waals surface area (Å²) in [6.07, 6.45) is 2.63. The third-order valence-corrected chi connectivity index (χ3v) is 3.98. The van der Waals surface area contributed by atoms with Crippen LogP contribution in [0.15, 0.2) is 66.9 Å². The van der Waals surface area contributed by atoms with Gasteiger partial charge in [-0.1, -0.05) is 36.4 Å². The van der Waals surface area contributed by atoms with Crippen molar-refractivity contribution >= 4 is 17.5 Å². The number of nitrogens with zero attached hydrogens (tertiary/aromatic N) is 3. The van der Waals surface area contributed by atoms with E-state index >= 15 is 0 Å². The van der Waals surface area contributed by atoms with Gasteiger partial charge in [-0.3, -0.25) is 0 Å². The number of ether oxygens (including phenoxy) is 1. The van der Waals surface area contributed by atoms with Gasteiger partial charge in [-0.15, -0.1) is 0 Å². The Morgan fingerprint density at radius 1 is 1.00 bits per heavy atom. The summed E-state index contributed by atoms with van der Waals surface area (Å²) in [6, 6.07) is 20.0. The highest BCUT2D eigenvalue weighted by Gasteiger charge is 2.07. The largest absolute Gasteiger partial charge is 0.496 e. The molecule has 0 atom stereocenters. The molecule has 128 valence electrons. The molecule has 0 aliphatic carbocycles. The van der Waals surface area contributed by atoms with E-state index in [9.17, 15) is 0 Å². The number of methoxy groups -OCH3 is 1. The molecule has 0 amide bonds. The monoisotopic (exact) mass is 334 g/mol. The van der Waals surface area contributed by atoms with E-state index in [4.69, 9.17) is 4.74 Å². The van der Waals surface area contributed by atoms with Crippen LogP contribution >= 0.6 is 0 Å². The zero-order valence-electron chi connectivity index (χ0n) is 14.5. The average molecular weight is 334 g/mol. The molecular formula is C20H22N4O. The molecule has 0 saturated carbocycles. The molecule has 0 unspecified atom stereocenters. The average Bonchev–Trinajstić information content (AvgIpc) is 2.69. The van der Waals surface area contributed by atoms with Gasteiger partial charge < -0.3 is 15.0 Å². The van der Waals surface area contributed by atoms with Gasteiger partial charge in [0, 0.05) is 25.5 Å². The number of hydrogen-bond acceptors (Lipinski definition) is 5. The summed E-state index contributed by atoms with van der Waals surface area (Å²) in [4.78, 5) is 10.9. The Morgan fingerprint density at radius 2 is 1.76 bits per heavy atom. The van der Waals surface area contributed by atoms with Gasteiger partial charge >= 0.3 is 0 Å². The zero-order chi connectivity index (χ0) is 17.5. The first-order valence-corrected chi connectivity index (χ1v) is 8.25. The number of aromatic nitrogens is 2. The molecule has 0 aliphatic heterocycles. The smallest absolute Gasteiger partial charge is 0.231 e. The second-order valence-electron chi connectivity index (χ2n) is 5.63. The van der Waals surface area contributed by atoms with Crippen LogP contribution in [0.3, 0.4) is 0 Å². The predicted octanol–water partition coefficient (Wildman–Crippen LogP) is 3.91. The van der Waals surface area contributed by atoms with Crippen molar-refractivity contribution in [2.45, 2.75) is 6.42 Å². The van der Waals surface area contributed by atoms with E-state index in [2.05, 4.69) is 21.4 Å². The molecule has 1 heterocycles. The molecule has 25 heavy (non-hydrogen) atoms. The second kappa shape index (κ2) is 8.15. The highest BCUT2D eigenvalue weighted by atomic mass is 16.5. The molecule has 1 aromatic heterocycles. The topological polar surface area (TPSA) is 50.3 Å². The van der Waals surface area contributed by atoms with E-state index < -0.39 is 0 Å². The molecule has 0 saturated heterocycles. The summed E-state index contributed by atoms with van der Waals surface area (Å²) in [7, 11) is 3.66. The summed E-state index contributed by atoms with van der Waals surface area (Å²) in [5.74, 6) is 2.38. The lowest BCUT2D eigenvalue weighted by Crippen LogP contribution is -2.14. The van der Waals surface area contributed by atoms with E-state index in [0.29, 0.717) is 5.95 Å². The molecule has 1 N–H and O–H groups in total. The molecule has 5 heteroatoms. The van der Waals surface area contributed by atoms with Crippen LogP contribution in [0.4, 0.5) is 17.5 Å². The molecule has 2 aromatic carbocycles. The van der Waals surface area contributed by atoms with Crippen molar-refractivity contribution in [1.82, 2.24) is 9.97 Å². The third kappa shape index (κ3) is 4.26. The number of nitrogens with one attached hydrogen (secondary N) is 1. The minimum absolute atomic E-state index is 0.661. The fourth-order valence-electron chi connectivity index (χ4n) is 2.61. The van der Waals surface area contributed by atoms with Crippen LogP contribution in [0.5, 0.6) is 5.75 Å². The number of rotatable bonds is 7. The Labute approximate surface area is 148 Å². The quantitative estimate of drug-likeness (QED) is 0.710. The Morgan fingerprint density at radius 3 is 2.56 bits per heavy atom. The number of benzene rings is 2. The van der Waals surface area contributed by atoms with Gasteiger partial charge in [-0.25, -0.2) is 4.98 Å². The lowest BCUT2D eigenvalue weighted by atomic mass is 10.1. The summed E-state index contributed by atoms with van der Waals surface area (Å²) in [5.41, 5.74) is 2.22. The molecule has 3 rings (SSSR count). The van der Waals surface area contributed by atoms with Gasteiger partial charge in [0.2, 0.25) is 5.95 Å². The van der Waals surface area contributed by atoms with Crippen molar-refractivity contribution < 1.29 is 4.74 Å². The SMILES string of the molecule is COc1ccccc1CCNc1ccnc(N(C)c2ccccc2)n1. The van der Waals surface area contributed by atoms with E-state index in [1.54, 1.807) is 13.3 Å². The van der Waals surface area contributed by atoms with E-state index in [1.165, 1.54) is 5.56 Å². The summed E-state index contributed by atoms with van der Waals surface area (Å²) >= 11 is 0. The molecule has 0 bridgehead atoms. The van der Waals surface area contributed by atoms with Gasteiger partial charge in [-0.05, 0) is 36.2 Å². The number of hydrogen-bond donors (Lipinski definition) is 1. The number of anilines is 3. The standard InChI is InChI=1S/C20H22N4O/c1-24(17-9-4-3-5-10-17)20-22-15-13-19(23-20)21-14-12-16-8-6-7-11-18(16)25-2/h3-11,13,15H,12,14H2,1-2H3,(H,21,22,23). The summed E-state index contributed by atoms with van der Waals surface area (Å²) < 4.78 is 5.39. The van der Waals surface area contributed by atoms with Crippen LogP contribution in [0.25, 0.3) is 0 Å². The Bertz CT molecular complexity index is 808. The highest BCUT2D eigenvalue weighted by Crippen LogP contribution is 2.21. The normalized spacial score (nSPS) is 10.3. The first-order chi connectivity index (χ1) is 12.3. The molecule has 0 radical (unpaired) electrons. The van der Waals surface area contributed by atoms with Crippen molar-refractivity contribution in [3.8, 4) is 5.75 Å². The van der Waals surface area contributed by atoms with E-state index in [1.807, 2.05) is 66.5 Å². The van der Waals surface area contributed by atoms with Crippen LogP contribution in [-0.2, 0) is 6.42 Å². The molecule has 0 spiro atoms. The summed E-state index contributed by atoms with van der Waals surface area (Å²) in [5, 5.41) is 3.36. The maximum absolute atomic E-state index is 5.39. The van der Waals surface area contributed by atoms with E-state index in [0.717, 1.165) is 30.2 Å².